The summed E-state index contributed by atoms with van der Waals surface area (Å²) in [5.74, 6) is 0.722. The highest BCUT2D eigenvalue weighted by Gasteiger charge is 2.53. The van der Waals surface area contributed by atoms with Crippen LogP contribution in [0, 0.1) is 5.92 Å². The highest BCUT2D eigenvalue weighted by atomic mass is 16.6. The van der Waals surface area contributed by atoms with Crippen LogP contribution in [0.15, 0.2) is 18.2 Å². The standard InChI is InChI=1S/C30H50N8O3/c1-30(9-4-10-30)18-6-7-20-21(13-18)35-23(34-20)8-5-17-11-19(12-17)36(2)14-22-25(39)26(40)29(41-22)38-16-32-24-27(31)33-15-37(3)28(24)38/h6-7,13,17,19,22-29,32-35,39-40H,4-5,8-12,14-16,31H2,1-3H3/t17?,19?,22-,23?,24?,25-,26-,27?,28?,29-/m1/s1. The van der Waals surface area contributed by atoms with Crippen LogP contribution in [0.5, 0.6) is 0 Å². The van der Waals surface area contributed by atoms with Crippen LogP contribution >= 0.6 is 0 Å². The number of aliphatic hydroxyl groups excluding tert-OH is 2. The van der Waals surface area contributed by atoms with Gasteiger partial charge < -0.3 is 36.2 Å². The quantitative estimate of drug-likeness (QED) is 0.237. The first-order valence-electron chi connectivity index (χ1n) is 15.8. The number of likely N-dealkylation sites (N-methyl/N-ethyl adjacent to an activating group) is 2. The molecule has 8 atom stereocenters. The molecule has 11 nitrogen and oxygen atoms in total. The Hall–Kier alpha value is -1.54. The van der Waals surface area contributed by atoms with Crippen LogP contribution < -0.4 is 27.0 Å². The van der Waals surface area contributed by atoms with Gasteiger partial charge in [-0.15, -0.1) is 0 Å². The van der Waals surface area contributed by atoms with Gasteiger partial charge in [0.05, 0.1) is 49.3 Å². The highest BCUT2D eigenvalue weighted by Crippen LogP contribution is 2.46. The number of fused-ring (bicyclic) bond motifs is 2. The first kappa shape index (κ1) is 28.2. The second kappa shape index (κ2) is 10.9. The number of nitrogens with one attached hydrogen (secondary N) is 4. The van der Waals surface area contributed by atoms with Gasteiger partial charge in [-0.1, -0.05) is 19.4 Å². The van der Waals surface area contributed by atoms with Crippen molar-refractivity contribution in [2.45, 2.75) is 112 Å². The fraction of sp³-hybridized carbons (Fsp3) is 0.800. The first-order chi connectivity index (χ1) is 19.7. The summed E-state index contributed by atoms with van der Waals surface area (Å²) in [4.78, 5) is 6.60. The fourth-order valence-corrected chi connectivity index (χ4v) is 8.17. The predicted octanol–water partition coefficient (Wildman–Crippen LogP) is 0.564. The summed E-state index contributed by atoms with van der Waals surface area (Å²) in [5, 5.41) is 36.0. The number of aliphatic hydroxyl groups is 2. The van der Waals surface area contributed by atoms with Gasteiger partial charge in [0.2, 0.25) is 0 Å². The Kier molecular flexibility index (Phi) is 7.49. The maximum Gasteiger partial charge on any atom is 0.142 e. The van der Waals surface area contributed by atoms with Gasteiger partial charge in [0, 0.05) is 12.6 Å². The van der Waals surface area contributed by atoms with Crippen LogP contribution in [0.4, 0.5) is 11.4 Å². The van der Waals surface area contributed by atoms with E-state index in [1.54, 1.807) is 0 Å². The molecule has 1 aromatic rings. The summed E-state index contributed by atoms with van der Waals surface area (Å²) in [7, 11) is 4.16. The van der Waals surface area contributed by atoms with Crippen molar-refractivity contribution in [2.75, 3.05) is 44.6 Å². The van der Waals surface area contributed by atoms with Crippen molar-refractivity contribution in [2.24, 2.45) is 11.7 Å². The lowest BCUT2D eigenvalue weighted by atomic mass is 9.66. The molecule has 4 heterocycles. The molecule has 4 aliphatic heterocycles. The lowest BCUT2D eigenvalue weighted by molar-refractivity contribution is -0.128. The Labute approximate surface area is 244 Å². The average molecular weight is 571 g/mol. The zero-order valence-corrected chi connectivity index (χ0v) is 24.8. The summed E-state index contributed by atoms with van der Waals surface area (Å²) in [5.41, 5.74) is 10.6. The van der Waals surface area contributed by atoms with E-state index in [4.69, 9.17) is 10.5 Å². The Bertz CT molecular complexity index is 1100. The Morgan fingerprint density at radius 2 is 1.85 bits per heavy atom. The third kappa shape index (κ3) is 5.07. The molecule has 0 amide bonds. The maximum atomic E-state index is 11.0. The average Bonchev–Trinajstić information content (AvgIpc) is 3.61. The van der Waals surface area contributed by atoms with Crippen molar-refractivity contribution < 1.29 is 14.9 Å². The van der Waals surface area contributed by atoms with E-state index in [1.807, 2.05) is 7.05 Å². The van der Waals surface area contributed by atoms with E-state index < -0.39 is 24.5 Å². The fourth-order valence-electron chi connectivity index (χ4n) is 8.17. The molecule has 1 aromatic carbocycles. The molecular weight excluding hydrogens is 520 g/mol. The van der Waals surface area contributed by atoms with E-state index in [-0.39, 0.29) is 18.4 Å². The summed E-state index contributed by atoms with van der Waals surface area (Å²) in [6.07, 6.45) is 5.90. The molecular formula is C30H50N8O3. The smallest absolute Gasteiger partial charge is 0.142 e. The molecule has 6 aliphatic rings. The molecule has 2 aliphatic carbocycles. The zero-order chi connectivity index (χ0) is 28.5. The Morgan fingerprint density at radius 3 is 2.61 bits per heavy atom. The minimum atomic E-state index is -0.953. The van der Waals surface area contributed by atoms with Crippen molar-refractivity contribution in [1.29, 1.82) is 0 Å². The number of rotatable bonds is 8. The van der Waals surface area contributed by atoms with E-state index in [9.17, 15) is 10.2 Å². The number of nitrogens with two attached hydrogens (primary N) is 1. The summed E-state index contributed by atoms with van der Waals surface area (Å²) < 4.78 is 6.34. The lowest BCUT2D eigenvalue weighted by Crippen LogP contribution is -2.68. The molecule has 11 heteroatoms. The number of anilines is 2. The number of nitrogens with zero attached hydrogens (tertiary/aromatic N) is 3. The van der Waals surface area contributed by atoms with E-state index in [0.29, 0.717) is 37.5 Å². The Balaban J connectivity index is 0.861. The molecule has 7 rings (SSSR count). The van der Waals surface area contributed by atoms with Gasteiger partial charge in [0.25, 0.3) is 0 Å². The molecule has 0 radical (unpaired) electrons. The third-order valence-corrected chi connectivity index (χ3v) is 11.2. The second-order valence-electron chi connectivity index (χ2n) is 14.0. The minimum Gasteiger partial charge on any atom is -0.387 e. The molecule has 0 aromatic heterocycles. The molecule has 0 spiro atoms. The zero-order valence-electron chi connectivity index (χ0n) is 24.8. The molecule has 0 bridgehead atoms. The molecule has 5 fully saturated rings. The van der Waals surface area contributed by atoms with E-state index in [1.165, 1.54) is 55.5 Å². The monoisotopic (exact) mass is 570 g/mol. The van der Waals surface area contributed by atoms with Crippen molar-refractivity contribution in [3.05, 3.63) is 23.8 Å². The van der Waals surface area contributed by atoms with Gasteiger partial charge in [0.15, 0.2) is 0 Å². The largest absolute Gasteiger partial charge is 0.387 e. The third-order valence-electron chi connectivity index (χ3n) is 11.2. The van der Waals surface area contributed by atoms with Crippen LogP contribution in [-0.2, 0) is 10.2 Å². The molecule has 2 saturated carbocycles. The SMILES string of the molecule is CN(C[C@H]1O[C@@H](N2CNC3C(N)NCN(C)C32)[C@H](O)[C@@H]1O)C1CC(CCC2Nc3ccc(C4(C)CCC4)cc3N2)C1. The van der Waals surface area contributed by atoms with Crippen LogP contribution in [0.25, 0.3) is 0 Å². The summed E-state index contributed by atoms with van der Waals surface area (Å²) >= 11 is 0. The topological polar surface area (TPSA) is 134 Å². The second-order valence-corrected chi connectivity index (χ2v) is 14.0. The minimum absolute atomic E-state index is 0.00620. The van der Waals surface area contributed by atoms with Crippen LogP contribution in [-0.4, -0.2) is 114 Å². The van der Waals surface area contributed by atoms with Crippen LogP contribution in [0.1, 0.15) is 57.4 Å². The van der Waals surface area contributed by atoms with Gasteiger partial charge in [0.1, 0.15) is 24.5 Å². The van der Waals surface area contributed by atoms with Crippen molar-refractivity contribution in [1.82, 2.24) is 25.3 Å². The normalized spacial score (nSPS) is 41.8. The van der Waals surface area contributed by atoms with Gasteiger partial charge >= 0.3 is 0 Å². The first-order valence-corrected chi connectivity index (χ1v) is 15.8. The van der Waals surface area contributed by atoms with Crippen LogP contribution in [0.2, 0.25) is 0 Å². The van der Waals surface area contributed by atoms with E-state index in [0.717, 1.165) is 12.3 Å². The number of benzene rings is 1. The van der Waals surface area contributed by atoms with Gasteiger partial charge in [-0.2, -0.15) is 0 Å². The summed E-state index contributed by atoms with van der Waals surface area (Å²) in [6, 6.07) is 7.47. The molecule has 228 valence electrons. The van der Waals surface area contributed by atoms with E-state index >= 15 is 0 Å². The predicted molar refractivity (Wildman–Crippen MR) is 159 cm³/mol. The number of hydrogen-bond acceptors (Lipinski definition) is 11. The van der Waals surface area contributed by atoms with Crippen molar-refractivity contribution in [3.8, 4) is 0 Å². The molecule has 8 N–H and O–H groups in total. The molecule has 3 saturated heterocycles. The summed E-state index contributed by atoms with van der Waals surface area (Å²) in [6.45, 7) is 4.24. The molecule has 4 unspecified atom stereocenters. The highest BCUT2D eigenvalue weighted by molar-refractivity contribution is 5.75. The lowest BCUT2D eigenvalue weighted by Gasteiger charge is -2.44. The van der Waals surface area contributed by atoms with Crippen LogP contribution in [0.3, 0.4) is 0 Å². The maximum absolute atomic E-state index is 11.0. The Morgan fingerprint density at radius 1 is 1.07 bits per heavy atom. The van der Waals surface area contributed by atoms with Gasteiger partial charge in [-0.25, -0.2) is 4.90 Å². The van der Waals surface area contributed by atoms with E-state index in [2.05, 4.69) is 68.1 Å². The van der Waals surface area contributed by atoms with Crippen molar-refractivity contribution in [3.63, 3.8) is 0 Å². The van der Waals surface area contributed by atoms with Gasteiger partial charge in [-0.3, -0.25) is 15.5 Å². The number of ether oxygens (including phenoxy) is 1. The molecule has 41 heavy (non-hydrogen) atoms. The number of hydrogen-bond donors (Lipinski definition) is 7. The van der Waals surface area contributed by atoms with Crippen molar-refractivity contribution >= 4 is 11.4 Å². The van der Waals surface area contributed by atoms with Gasteiger partial charge in [-0.05, 0) is 81.6 Å².